The average molecular weight is 279 g/mol. The van der Waals surface area contributed by atoms with Crippen LogP contribution in [0.3, 0.4) is 0 Å². The fourth-order valence-electron chi connectivity index (χ4n) is 5.12. The van der Waals surface area contributed by atoms with E-state index in [-0.39, 0.29) is 17.6 Å². The normalized spacial score (nSPS) is 39.6. The van der Waals surface area contributed by atoms with Gasteiger partial charge in [0.25, 0.3) is 0 Å². The lowest BCUT2D eigenvalue weighted by Gasteiger charge is -2.56. The second-order valence-electron chi connectivity index (χ2n) is 7.54. The van der Waals surface area contributed by atoms with Gasteiger partial charge in [-0.05, 0) is 69.1 Å². The van der Waals surface area contributed by atoms with Crippen molar-refractivity contribution in [2.45, 2.75) is 69.9 Å². The molecule has 0 spiro atoms. The van der Waals surface area contributed by atoms with Crippen LogP contribution in [0.1, 0.15) is 58.3 Å². The topological polar surface area (TPSA) is 67.1 Å². The monoisotopic (exact) mass is 279 g/mol. The summed E-state index contributed by atoms with van der Waals surface area (Å²) in [5, 5.41) is 6.32. The first-order valence-corrected chi connectivity index (χ1v) is 8.40. The molecule has 4 bridgehead atoms. The predicted octanol–water partition coefficient (Wildman–Crippen LogP) is 2.38. The molecule has 1 atom stereocenters. The molecule has 0 saturated heterocycles. The molecule has 0 aromatic heterocycles. The second kappa shape index (κ2) is 5.55. The predicted molar refractivity (Wildman–Crippen MR) is 80.3 cm³/mol. The minimum atomic E-state index is 0.0234. The third kappa shape index (κ3) is 2.95. The van der Waals surface area contributed by atoms with E-state index in [1.165, 1.54) is 38.5 Å². The van der Waals surface area contributed by atoms with E-state index in [9.17, 15) is 4.79 Å². The number of urea groups is 1. The largest absolute Gasteiger partial charge is 0.338 e. The lowest BCUT2D eigenvalue weighted by Crippen LogP contribution is -2.61. The molecule has 4 aliphatic rings. The van der Waals surface area contributed by atoms with E-state index in [2.05, 4.69) is 17.6 Å². The van der Waals surface area contributed by atoms with E-state index in [1.54, 1.807) is 0 Å². The van der Waals surface area contributed by atoms with Gasteiger partial charge >= 0.3 is 6.03 Å². The zero-order valence-electron chi connectivity index (χ0n) is 12.7. The Labute approximate surface area is 122 Å². The summed E-state index contributed by atoms with van der Waals surface area (Å²) in [6.07, 6.45) is 9.70. The molecule has 4 N–H and O–H groups in total. The summed E-state index contributed by atoms with van der Waals surface area (Å²) >= 11 is 0. The van der Waals surface area contributed by atoms with Crippen LogP contribution in [0.5, 0.6) is 0 Å². The molecule has 4 rings (SSSR count). The lowest BCUT2D eigenvalue weighted by atomic mass is 9.53. The number of nitrogens with two attached hydrogens (primary N) is 1. The van der Waals surface area contributed by atoms with Crippen molar-refractivity contribution in [1.82, 2.24) is 10.6 Å². The second-order valence-corrected chi connectivity index (χ2v) is 7.54. The van der Waals surface area contributed by atoms with Gasteiger partial charge in [0.15, 0.2) is 0 Å². The number of nitrogens with one attached hydrogen (secondary N) is 2. The quantitative estimate of drug-likeness (QED) is 0.723. The van der Waals surface area contributed by atoms with Crippen LogP contribution >= 0.6 is 0 Å². The SMILES string of the molecule is CCC(N)CCNC(=O)NC12CC3CC(CC(C3)C1)C2. The Morgan fingerprint density at radius 1 is 1.20 bits per heavy atom. The number of hydrogen-bond donors (Lipinski definition) is 3. The highest BCUT2D eigenvalue weighted by molar-refractivity contribution is 5.74. The molecule has 20 heavy (non-hydrogen) atoms. The zero-order valence-corrected chi connectivity index (χ0v) is 12.7. The number of hydrogen-bond acceptors (Lipinski definition) is 2. The standard InChI is InChI=1S/C16H29N3O/c1-2-14(17)3-4-18-15(20)19-16-8-11-5-12(9-16)7-13(6-11)10-16/h11-14H,2-10,17H2,1H3,(H2,18,19,20). The minimum absolute atomic E-state index is 0.0234. The van der Waals surface area contributed by atoms with E-state index in [4.69, 9.17) is 5.73 Å². The Balaban J connectivity index is 1.49. The average Bonchev–Trinajstić information content (AvgIpc) is 2.36. The molecule has 0 aromatic rings. The van der Waals surface area contributed by atoms with Gasteiger partial charge in [-0.25, -0.2) is 4.79 Å². The van der Waals surface area contributed by atoms with E-state index >= 15 is 0 Å². The summed E-state index contributed by atoms with van der Waals surface area (Å²) in [4.78, 5) is 12.1. The van der Waals surface area contributed by atoms with Crippen LogP contribution in [-0.4, -0.2) is 24.2 Å². The smallest absolute Gasteiger partial charge is 0.315 e. The van der Waals surface area contributed by atoms with Crippen molar-refractivity contribution in [3.8, 4) is 0 Å². The molecule has 0 aliphatic heterocycles. The molecule has 4 saturated carbocycles. The van der Waals surface area contributed by atoms with Crippen molar-refractivity contribution < 1.29 is 4.79 Å². The maximum absolute atomic E-state index is 12.1. The van der Waals surface area contributed by atoms with E-state index in [0.29, 0.717) is 6.54 Å². The van der Waals surface area contributed by atoms with Gasteiger partial charge in [0, 0.05) is 18.1 Å². The molecule has 0 heterocycles. The summed E-state index contributed by atoms with van der Waals surface area (Å²) in [5.74, 6) is 2.61. The van der Waals surface area contributed by atoms with Crippen LogP contribution in [0, 0.1) is 17.8 Å². The molecular weight excluding hydrogens is 250 g/mol. The van der Waals surface area contributed by atoms with Crippen molar-refractivity contribution in [2.24, 2.45) is 23.5 Å². The van der Waals surface area contributed by atoms with Gasteiger partial charge < -0.3 is 16.4 Å². The zero-order chi connectivity index (χ0) is 14.2. The van der Waals surface area contributed by atoms with Crippen LogP contribution in [0.15, 0.2) is 0 Å². The first-order valence-electron chi connectivity index (χ1n) is 8.40. The Hall–Kier alpha value is -0.770. The fourth-order valence-corrected chi connectivity index (χ4v) is 5.12. The first-order chi connectivity index (χ1) is 9.58. The molecule has 4 nitrogen and oxygen atoms in total. The highest BCUT2D eigenvalue weighted by Crippen LogP contribution is 2.55. The van der Waals surface area contributed by atoms with Crippen LogP contribution in [-0.2, 0) is 0 Å². The van der Waals surface area contributed by atoms with Gasteiger partial charge in [0.1, 0.15) is 0 Å². The van der Waals surface area contributed by atoms with E-state index in [0.717, 1.165) is 30.6 Å². The molecule has 0 radical (unpaired) electrons. The van der Waals surface area contributed by atoms with Gasteiger partial charge in [-0.15, -0.1) is 0 Å². The third-order valence-electron chi connectivity index (χ3n) is 5.74. The van der Waals surface area contributed by atoms with Crippen LogP contribution in [0.2, 0.25) is 0 Å². The molecule has 4 heteroatoms. The molecular formula is C16H29N3O. The van der Waals surface area contributed by atoms with Crippen molar-refractivity contribution in [3.05, 3.63) is 0 Å². The van der Waals surface area contributed by atoms with Gasteiger partial charge in [0.05, 0.1) is 0 Å². The van der Waals surface area contributed by atoms with Gasteiger partial charge in [-0.3, -0.25) is 0 Å². The van der Waals surface area contributed by atoms with Gasteiger partial charge in [-0.2, -0.15) is 0 Å². The van der Waals surface area contributed by atoms with E-state index in [1.807, 2.05) is 0 Å². The third-order valence-corrected chi connectivity index (χ3v) is 5.74. The molecule has 0 aromatic carbocycles. The van der Waals surface area contributed by atoms with E-state index < -0.39 is 0 Å². The summed E-state index contributed by atoms with van der Waals surface area (Å²) in [5.41, 5.74) is 5.99. The highest BCUT2D eigenvalue weighted by atomic mass is 16.2. The number of carbonyl (C=O) groups is 1. The van der Waals surface area contributed by atoms with Gasteiger partial charge in [-0.1, -0.05) is 6.92 Å². The highest BCUT2D eigenvalue weighted by Gasteiger charge is 2.51. The summed E-state index contributed by atoms with van der Waals surface area (Å²) in [7, 11) is 0. The fraction of sp³-hybridized carbons (Fsp3) is 0.938. The lowest BCUT2D eigenvalue weighted by molar-refractivity contribution is -0.0135. The summed E-state index contributed by atoms with van der Waals surface area (Å²) in [6, 6.07) is 0.227. The molecule has 1 unspecified atom stereocenters. The Morgan fingerprint density at radius 2 is 1.75 bits per heavy atom. The maximum atomic E-state index is 12.1. The van der Waals surface area contributed by atoms with Gasteiger partial charge in [0.2, 0.25) is 0 Å². The maximum Gasteiger partial charge on any atom is 0.315 e. The van der Waals surface area contributed by atoms with Crippen molar-refractivity contribution >= 4 is 6.03 Å². The first kappa shape index (κ1) is 14.2. The molecule has 4 aliphatic carbocycles. The minimum Gasteiger partial charge on any atom is -0.338 e. The number of amides is 2. The van der Waals surface area contributed by atoms with Crippen LogP contribution < -0.4 is 16.4 Å². The van der Waals surface area contributed by atoms with Crippen molar-refractivity contribution in [2.75, 3.05) is 6.54 Å². The molecule has 4 fully saturated rings. The Bertz CT molecular complexity index is 333. The molecule has 2 amide bonds. The Morgan fingerprint density at radius 3 is 2.25 bits per heavy atom. The summed E-state index contributed by atoms with van der Waals surface area (Å²) < 4.78 is 0. The Kier molecular flexibility index (Phi) is 3.93. The van der Waals surface area contributed by atoms with Crippen molar-refractivity contribution in [3.63, 3.8) is 0 Å². The molecule has 114 valence electrons. The number of carbonyl (C=O) groups excluding carboxylic acids is 1. The summed E-state index contributed by atoms with van der Waals surface area (Å²) in [6.45, 7) is 2.77. The number of rotatable bonds is 5. The van der Waals surface area contributed by atoms with Crippen LogP contribution in [0.4, 0.5) is 4.79 Å². The van der Waals surface area contributed by atoms with Crippen molar-refractivity contribution in [1.29, 1.82) is 0 Å². The van der Waals surface area contributed by atoms with Crippen LogP contribution in [0.25, 0.3) is 0 Å².